The van der Waals surface area contributed by atoms with Crippen molar-refractivity contribution in [3.8, 4) is 39.1 Å². The number of hydrogen-bond donors (Lipinski definition) is 0. The van der Waals surface area contributed by atoms with Gasteiger partial charge >= 0.3 is 0 Å². The number of rotatable bonds is 9. The molecule has 0 amide bonds. The summed E-state index contributed by atoms with van der Waals surface area (Å²) in [7, 11) is 0. The van der Waals surface area contributed by atoms with Crippen molar-refractivity contribution in [1.29, 1.82) is 0 Å². The van der Waals surface area contributed by atoms with Crippen molar-refractivity contribution >= 4 is 94.1 Å². The van der Waals surface area contributed by atoms with Crippen LogP contribution in [-0.4, -0.2) is 4.57 Å². The molecule has 0 spiro atoms. The van der Waals surface area contributed by atoms with Crippen LogP contribution in [0.2, 0.25) is 0 Å². The average molecular weight is 941 g/mol. The molecule has 14 aromatic rings. The van der Waals surface area contributed by atoms with Crippen molar-refractivity contribution < 1.29 is 0 Å². The first-order chi connectivity index (χ1) is 36.7. The number of benzene rings is 13. The minimum absolute atomic E-state index is 1.10. The van der Waals surface area contributed by atoms with E-state index in [1.807, 2.05) is 0 Å². The molecule has 346 valence electrons. The Bertz CT molecular complexity index is 4400. The van der Waals surface area contributed by atoms with E-state index >= 15 is 0 Å². The average Bonchev–Trinajstić information content (AvgIpc) is 3.80. The molecule has 1 heterocycles. The molecule has 0 fully saturated rings. The van der Waals surface area contributed by atoms with Crippen LogP contribution in [0.15, 0.2) is 279 Å². The fourth-order valence-corrected chi connectivity index (χ4v) is 11.5. The summed E-state index contributed by atoms with van der Waals surface area (Å²) in [4.78, 5) is 2.33. The van der Waals surface area contributed by atoms with Gasteiger partial charge in [0, 0.05) is 33.5 Å². The number of hydrogen-bond acceptors (Lipinski definition) is 1. The second kappa shape index (κ2) is 18.1. The van der Waals surface area contributed by atoms with Crippen molar-refractivity contribution in [2.45, 2.75) is 0 Å². The Morgan fingerprint density at radius 2 is 0.770 bits per heavy atom. The summed E-state index contributed by atoms with van der Waals surface area (Å²) in [6.45, 7) is 0. The van der Waals surface area contributed by atoms with Gasteiger partial charge in [-0.2, -0.15) is 0 Å². The van der Waals surface area contributed by atoms with E-state index in [1.54, 1.807) is 0 Å². The van der Waals surface area contributed by atoms with Crippen molar-refractivity contribution in [1.82, 2.24) is 4.57 Å². The van der Waals surface area contributed by atoms with E-state index in [0.29, 0.717) is 0 Å². The number of para-hydroxylation sites is 3. The fourth-order valence-electron chi connectivity index (χ4n) is 11.5. The first-order valence-corrected chi connectivity index (χ1v) is 25.5. The quantitative estimate of drug-likeness (QED) is 0.103. The topological polar surface area (TPSA) is 8.17 Å². The first-order valence-electron chi connectivity index (χ1n) is 25.5. The molecule has 74 heavy (non-hydrogen) atoms. The first kappa shape index (κ1) is 43.1. The van der Waals surface area contributed by atoms with Gasteiger partial charge < -0.3 is 9.47 Å². The third-order valence-corrected chi connectivity index (χ3v) is 14.9. The highest BCUT2D eigenvalue weighted by molar-refractivity contribution is 6.33. The smallest absolute Gasteiger partial charge is 0.0561 e. The van der Waals surface area contributed by atoms with Crippen LogP contribution in [0.3, 0.4) is 0 Å². The lowest BCUT2D eigenvalue weighted by atomic mass is 9.81. The molecular formula is C72H48N2. The van der Waals surface area contributed by atoms with E-state index in [0.717, 1.165) is 39.4 Å². The molecular weight excluding hydrogens is 893 g/mol. The normalized spacial score (nSPS) is 11.7. The predicted molar refractivity (Wildman–Crippen MR) is 317 cm³/mol. The van der Waals surface area contributed by atoms with Crippen molar-refractivity contribution in [2.75, 3.05) is 4.90 Å². The molecule has 0 saturated heterocycles. The Hall–Kier alpha value is -9.76. The maximum Gasteiger partial charge on any atom is 0.0561 e. The molecule has 2 nitrogen and oxygen atoms in total. The molecule has 0 N–H and O–H groups in total. The summed E-state index contributed by atoms with van der Waals surface area (Å²) in [6, 6.07) is 102. The number of nitrogens with zero attached hydrogens (tertiary/aromatic N) is 2. The minimum Gasteiger partial charge on any atom is -0.310 e. The Balaban J connectivity index is 0.875. The zero-order valence-corrected chi connectivity index (χ0v) is 40.6. The second-order valence-corrected chi connectivity index (χ2v) is 19.2. The summed E-state index contributed by atoms with van der Waals surface area (Å²) < 4.78 is 2.42. The van der Waals surface area contributed by atoms with Crippen LogP contribution in [0, 0.1) is 0 Å². The molecule has 0 unspecified atom stereocenters. The summed E-state index contributed by atoms with van der Waals surface area (Å²) in [5, 5.41) is 12.5. The van der Waals surface area contributed by atoms with Crippen LogP contribution >= 0.6 is 0 Å². The highest BCUT2D eigenvalue weighted by atomic mass is 15.1. The Morgan fingerprint density at radius 1 is 0.284 bits per heavy atom. The molecule has 0 aliphatic rings. The van der Waals surface area contributed by atoms with E-state index in [-0.39, 0.29) is 0 Å². The fraction of sp³-hybridized carbons (Fsp3) is 0. The van der Waals surface area contributed by atoms with E-state index < -0.39 is 0 Å². The van der Waals surface area contributed by atoms with Gasteiger partial charge in [-0.1, -0.05) is 218 Å². The van der Waals surface area contributed by atoms with Crippen molar-refractivity contribution in [2.24, 2.45) is 0 Å². The SMILES string of the molecule is C(=Cc1ccc2c3ccc(N(c4ccccc4)c4ccccc4)cc3n(-c3ccccc3)c2c1)c1ccc2cc(-c3cc(-c4ccccc4)c4c5ccccc5c5ccccc5c4c3-c3ccccc3)ccc2c1. The molecule has 0 saturated carbocycles. The number of anilines is 3. The lowest BCUT2D eigenvalue weighted by molar-refractivity contribution is 1.18. The zero-order valence-electron chi connectivity index (χ0n) is 40.6. The third kappa shape index (κ3) is 7.43. The van der Waals surface area contributed by atoms with Gasteiger partial charge in [0.1, 0.15) is 0 Å². The Kier molecular flexibility index (Phi) is 10.6. The van der Waals surface area contributed by atoms with Gasteiger partial charge in [-0.15, -0.1) is 0 Å². The molecule has 0 aliphatic carbocycles. The largest absolute Gasteiger partial charge is 0.310 e. The van der Waals surface area contributed by atoms with E-state index in [1.165, 1.54) is 92.8 Å². The summed E-state index contributed by atoms with van der Waals surface area (Å²) in [6.07, 6.45) is 4.50. The van der Waals surface area contributed by atoms with Gasteiger partial charge in [0.25, 0.3) is 0 Å². The van der Waals surface area contributed by atoms with Crippen LogP contribution in [0.5, 0.6) is 0 Å². The molecule has 1 aromatic heterocycles. The van der Waals surface area contributed by atoms with Gasteiger partial charge in [-0.3, -0.25) is 0 Å². The standard InChI is InChI=1S/C72H48N2/c1-6-20-51(21-7-1)66-48-67(70(52-22-8-2-9-23-52)72-65-33-19-17-31-61(65)60-30-16-18-32-64(60)71(66)72)55-40-39-53-44-49(36-38-54(53)46-55)34-35-50-37-42-62-63-43-41-59(47-69(63)74(68(62)45-50)58-28-14-5-15-29-58)73(56-24-10-3-11-25-56)57-26-12-4-13-27-57/h1-48H. The van der Waals surface area contributed by atoms with Gasteiger partial charge in [0.2, 0.25) is 0 Å². The van der Waals surface area contributed by atoms with Gasteiger partial charge in [-0.05, 0) is 160 Å². The highest BCUT2D eigenvalue weighted by Gasteiger charge is 2.22. The number of fused-ring (bicyclic) bond motifs is 10. The molecule has 0 bridgehead atoms. The molecule has 0 radical (unpaired) electrons. The maximum atomic E-state index is 2.45. The van der Waals surface area contributed by atoms with Crippen LogP contribution in [0.4, 0.5) is 17.1 Å². The van der Waals surface area contributed by atoms with Crippen LogP contribution in [0.1, 0.15) is 11.1 Å². The molecule has 14 rings (SSSR count). The van der Waals surface area contributed by atoms with Crippen molar-refractivity contribution in [3.05, 3.63) is 290 Å². The summed E-state index contributed by atoms with van der Waals surface area (Å²) in [5.74, 6) is 0. The number of aromatic nitrogens is 1. The predicted octanol–water partition coefficient (Wildman–Crippen LogP) is 20.0. The molecule has 0 atom stereocenters. The van der Waals surface area contributed by atoms with E-state index in [2.05, 4.69) is 301 Å². The minimum atomic E-state index is 1.10. The van der Waals surface area contributed by atoms with Gasteiger partial charge in [0.05, 0.1) is 11.0 Å². The van der Waals surface area contributed by atoms with E-state index in [4.69, 9.17) is 0 Å². The lowest BCUT2D eigenvalue weighted by Gasteiger charge is -2.25. The molecule has 13 aromatic carbocycles. The highest BCUT2D eigenvalue weighted by Crippen LogP contribution is 2.49. The summed E-state index contributed by atoms with van der Waals surface area (Å²) >= 11 is 0. The van der Waals surface area contributed by atoms with Crippen LogP contribution < -0.4 is 4.90 Å². The second-order valence-electron chi connectivity index (χ2n) is 19.2. The third-order valence-electron chi connectivity index (χ3n) is 14.9. The molecule has 0 aliphatic heterocycles. The van der Waals surface area contributed by atoms with Crippen LogP contribution in [0.25, 0.3) is 116 Å². The van der Waals surface area contributed by atoms with Gasteiger partial charge in [-0.25, -0.2) is 0 Å². The summed E-state index contributed by atoms with van der Waals surface area (Å²) in [5.41, 5.74) is 16.4. The lowest BCUT2D eigenvalue weighted by Crippen LogP contribution is -2.09. The monoisotopic (exact) mass is 940 g/mol. The maximum absolute atomic E-state index is 2.45. The van der Waals surface area contributed by atoms with Crippen LogP contribution in [-0.2, 0) is 0 Å². The zero-order chi connectivity index (χ0) is 49.0. The van der Waals surface area contributed by atoms with E-state index in [9.17, 15) is 0 Å². The Morgan fingerprint density at radius 3 is 1.42 bits per heavy atom. The molecule has 2 heteroatoms. The van der Waals surface area contributed by atoms with Crippen molar-refractivity contribution in [3.63, 3.8) is 0 Å². The van der Waals surface area contributed by atoms with Gasteiger partial charge in [0.15, 0.2) is 0 Å². The Labute approximate surface area is 430 Å².